The first kappa shape index (κ1) is 14.1. The second-order valence-electron chi connectivity index (χ2n) is 4.15. The average molecular weight is 387 g/mol. The summed E-state index contributed by atoms with van der Waals surface area (Å²) in [5, 5.41) is 3.24. The molecular formula is C14H12ClIN2O. The summed E-state index contributed by atoms with van der Waals surface area (Å²) in [4.78, 5) is 12.1. The van der Waals surface area contributed by atoms with Gasteiger partial charge in [0, 0.05) is 14.8 Å². The van der Waals surface area contributed by atoms with Crippen LogP contribution in [-0.2, 0) is 0 Å². The SMILES string of the molecule is Cc1cc(I)ccc1NC(=O)c1ccc(N)c(Cl)c1. The first-order chi connectivity index (χ1) is 8.97. The van der Waals surface area contributed by atoms with Crippen LogP contribution in [0.2, 0.25) is 5.02 Å². The molecule has 0 spiro atoms. The predicted octanol–water partition coefficient (Wildman–Crippen LogP) is 4.09. The number of rotatable bonds is 2. The van der Waals surface area contributed by atoms with E-state index in [4.69, 9.17) is 17.3 Å². The van der Waals surface area contributed by atoms with Crippen LogP contribution in [0.1, 0.15) is 15.9 Å². The van der Waals surface area contributed by atoms with Gasteiger partial charge in [0.05, 0.1) is 10.7 Å². The molecule has 3 nitrogen and oxygen atoms in total. The highest BCUT2D eigenvalue weighted by Crippen LogP contribution is 2.22. The third-order valence-electron chi connectivity index (χ3n) is 2.70. The van der Waals surface area contributed by atoms with Gasteiger partial charge in [0.2, 0.25) is 0 Å². The number of nitrogens with one attached hydrogen (secondary N) is 1. The maximum Gasteiger partial charge on any atom is 0.255 e. The molecule has 5 heteroatoms. The molecular weight excluding hydrogens is 375 g/mol. The Morgan fingerprint density at radius 2 is 2.00 bits per heavy atom. The van der Waals surface area contributed by atoms with Gasteiger partial charge in [-0.2, -0.15) is 0 Å². The summed E-state index contributed by atoms with van der Waals surface area (Å²) >= 11 is 8.14. The van der Waals surface area contributed by atoms with Crippen molar-refractivity contribution in [3.63, 3.8) is 0 Å². The molecule has 0 aliphatic heterocycles. The first-order valence-electron chi connectivity index (χ1n) is 5.60. The van der Waals surface area contributed by atoms with Gasteiger partial charge < -0.3 is 11.1 Å². The molecule has 98 valence electrons. The van der Waals surface area contributed by atoms with Crippen molar-refractivity contribution < 1.29 is 4.79 Å². The number of hydrogen-bond acceptors (Lipinski definition) is 2. The number of hydrogen-bond donors (Lipinski definition) is 2. The normalized spacial score (nSPS) is 10.3. The van der Waals surface area contributed by atoms with Crippen molar-refractivity contribution >= 4 is 51.5 Å². The van der Waals surface area contributed by atoms with Gasteiger partial charge in [-0.15, -0.1) is 0 Å². The van der Waals surface area contributed by atoms with Crippen LogP contribution in [0.25, 0.3) is 0 Å². The Hall–Kier alpha value is -1.27. The first-order valence-corrected chi connectivity index (χ1v) is 7.05. The molecule has 3 N–H and O–H groups in total. The van der Waals surface area contributed by atoms with Crippen molar-refractivity contribution in [2.24, 2.45) is 0 Å². The van der Waals surface area contributed by atoms with E-state index in [0.29, 0.717) is 16.3 Å². The van der Waals surface area contributed by atoms with Gasteiger partial charge in [-0.05, 0) is 71.5 Å². The van der Waals surface area contributed by atoms with Crippen LogP contribution in [0.3, 0.4) is 0 Å². The fourth-order valence-corrected chi connectivity index (χ4v) is 2.46. The lowest BCUT2D eigenvalue weighted by Crippen LogP contribution is -2.13. The Morgan fingerprint density at radius 1 is 1.26 bits per heavy atom. The number of carbonyl (C=O) groups excluding carboxylic acids is 1. The molecule has 0 saturated heterocycles. The van der Waals surface area contributed by atoms with E-state index in [1.807, 2.05) is 25.1 Å². The van der Waals surface area contributed by atoms with E-state index in [9.17, 15) is 4.79 Å². The lowest BCUT2D eigenvalue weighted by atomic mass is 10.1. The van der Waals surface area contributed by atoms with Crippen LogP contribution in [0, 0.1) is 10.5 Å². The van der Waals surface area contributed by atoms with Crippen LogP contribution in [0.5, 0.6) is 0 Å². The van der Waals surface area contributed by atoms with E-state index in [2.05, 4.69) is 27.9 Å². The third-order valence-corrected chi connectivity index (χ3v) is 3.70. The van der Waals surface area contributed by atoms with Crippen LogP contribution in [0.15, 0.2) is 36.4 Å². The summed E-state index contributed by atoms with van der Waals surface area (Å²) in [6.07, 6.45) is 0. The van der Waals surface area contributed by atoms with E-state index in [1.54, 1.807) is 18.2 Å². The molecule has 0 bridgehead atoms. The zero-order valence-corrected chi connectivity index (χ0v) is 13.1. The molecule has 0 fully saturated rings. The number of halogens is 2. The highest BCUT2D eigenvalue weighted by atomic mass is 127. The van der Waals surface area contributed by atoms with Crippen molar-refractivity contribution in [2.75, 3.05) is 11.1 Å². The average Bonchev–Trinajstić information content (AvgIpc) is 2.36. The molecule has 0 heterocycles. The molecule has 2 aromatic carbocycles. The van der Waals surface area contributed by atoms with Crippen molar-refractivity contribution in [2.45, 2.75) is 6.92 Å². The maximum atomic E-state index is 12.1. The Morgan fingerprint density at radius 3 is 2.63 bits per heavy atom. The standard InChI is InChI=1S/C14H12ClIN2O/c1-8-6-10(16)3-5-13(8)18-14(19)9-2-4-12(17)11(15)7-9/h2-7H,17H2,1H3,(H,18,19). The highest BCUT2D eigenvalue weighted by Gasteiger charge is 2.09. The molecule has 19 heavy (non-hydrogen) atoms. The number of nitrogens with two attached hydrogens (primary N) is 1. The fourth-order valence-electron chi connectivity index (χ4n) is 1.63. The number of nitrogen functional groups attached to an aromatic ring is 1. The number of aryl methyl sites for hydroxylation is 1. The van der Waals surface area contributed by atoms with Gasteiger partial charge in [0.1, 0.15) is 0 Å². The molecule has 0 atom stereocenters. The van der Waals surface area contributed by atoms with E-state index in [0.717, 1.165) is 14.8 Å². The van der Waals surface area contributed by atoms with Crippen LogP contribution < -0.4 is 11.1 Å². The molecule has 0 aliphatic carbocycles. The Labute approximate surface area is 130 Å². The maximum absolute atomic E-state index is 12.1. The molecule has 0 aliphatic rings. The predicted molar refractivity (Wildman–Crippen MR) is 87.7 cm³/mol. The number of anilines is 2. The molecule has 0 unspecified atom stereocenters. The highest BCUT2D eigenvalue weighted by molar-refractivity contribution is 14.1. The largest absolute Gasteiger partial charge is 0.398 e. The summed E-state index contributed by atoms with van der Waals surface area (Å²) < 4.78 is 1.13. The van der Waals surface area contributed by atoms with Crippen molar-refractivity contribution in [3.05, 3.63) is 56.1 Å². The lowest BCUT2D eigenvalue weighted by molar-refractivity contribution is 0.102. The monoisotopic (exact) mass is 386 g/mol. The Bertz CT molecular complexity index is 643. The zero-order valence-electron chi connectivity index (χ0n) is 10.2. The minimum Gasteiger partial charge on any atom is -0.398 e. The summed E-state index contributed by atoms with van der Waals surface area (Å²) in [6.45, 7) is 1.95. The second-order valence-corrected chi connectivity index (χ2v) is 5.80. The van der Waals surface area contributed by atoms with Gasteiger partial charge in [0.25, 0.3) is 5.91 Å². The second kappa shape index (κ2) is 5.79. The van der Waals surface area contributed by atoms with E-state index in [1.165, 1.54) is 0 Å². The minimum atomic E-state index is -0.203. The Kier molecular flexibility index (Phi) is 4.31. The van der Waals surface area contributed by atoms with Crippen LogP contribution in [-0.4, -0.2) is 5.91 Å². The fraction of sp³-hybridized carbons (Fsp3) is 0.0714. The van der Waals surface area contributed by atoms with Gasteiger partial charge in [-0.3, -0.25) is 4.79 Å². The van der Waals surface area contributed by atoms with Gasteiger partial charge in [0.15, 0.2) is 0 Å². The molecule has 0 saturated carbocycles. The van der Waals surface area contributed by atoms with E-state index >= 15 is 0 Å². The molecule has 0 aromatic heterocycles. The van der Waals surface area contributed by atoms with E-state index < -0.39 is 0 Å². The quantitative estimate of drug-likeness (QED) is 0.603. The van der Waals surface area contributed by atoms with Crippen LogP contribution >= 0.6 is 34.2 Å². The van der Waals surface area contributed by atoms with E-state index in [-0.39, 0.29) is 5.91 Å². The summed E-state index contributed by atoms with van der Waals surface area (Å²) in [5.74, 6) is -0.203. The molecule has 0 radical (unpaired) electrons. The Balaban J connectivity index is 2.23. The number of amides is 1. The smallest absolute Gasteiger partial charge is 0.255 e. The van der Waals surface area contributed by atoms with Crippen molar-refractivity contribution in [3.8, 4) is 0 Å². The summed E-state index contributed by atoms with van der Waals surface area (Å²) in [7, 11) is 0. The third kappa shape index (κ3) is 3.39. The van der Waals surface area contributed by atoms with Gasteiger partial charge in [-0.1, -0.05) is 11.6 Å². The summed E-state index contributed by atoms with van der Waals surface area (Å²) in [5.41, 5.74) is 8.37. The zero-order chi connectivity index (χ0) is 14.0. The minimum absolute atomic E-state index is 0.203. The number of carbonyl (C=O) groups is 1. The lowest BCUT2D eigenvalue weighted by Gasteiger charge is -2.09. The van der Waals surface area contributed by atoms with Crippen molar-refractivity contribution in [1.29, 1.82) is 0 Å². The van der Waals surface area contributed by atoms with Gasteiger partial charge >= 0.3 is 0 Å². The molecule has 2 aromatic rings. The summed E-state index contributed by atoms with van der Waals surface area (Å²) in [6, 6.07) is 10.7. The van der Waals surface area contributed by atoms with Crippen LogP contribution in [0.4, 0.5) is 11.4 Å². The molecule has 2 rings (SSSR count). The van der Waals surface area contributed by atoms with Gasteiger partial charge in [-0.25, -0.2) is 0 Å². The number of benzene rings is 2. The topological polar surface area (TPSA) is 55.1 Å². The molecule has 1 amide bonds. The van der Waals surface area contributed by atoms with Crippen molar-refractivity contribution in [1.82, 2.24) is 0 Å².